The van der Waals surface area contributed by atoms with E-state index in [4.69, 9.17) is 11.6 Å². The van der Waals surface area contributed by atoms with Gasteiger partial charge in [-0.15, -0.1) is 0 Å². The molecule has 1 aromatic heterocycles. The Morgan fingerprint density at radius 3 is 2.81 bits per heavy atom. The van der Waals surface area contributed by atoms with Crippen molar-refractivity contribution in [3.63, 3.8) is 0 Å². The molecule has 0 saturated carbocycles. The number of rotatable bonds is 3. The number of benzene rings is 1. The van der Waals surface area contributed by atoms with Crippen molar-refractivity contribution in [2.45, 2.75) is 44.5 Å². The highest BCUT2D eigenvalue weighted by molar-refractivity contribution is 6.31. The van der Waals surface area contributed by atoms with Gasteiger partial charge in [0.25, 0.3) is 5.91 Å². The zero-order chi connectivity index (χ0) is 19.1. The number of carbonyl (C=O) groups excluding carboxylic acids is 1. The molecule has 7 heteroatoms. The Labute approximate surface area is 155 Å². The zero-order valence-electron chi connectivity index (χ0n) is 14.4. The second kappa shape index (κ2) is 6.59. The van der Waals surface area contributed by atoms with Crippen LogP contribution >= 0.6 is 11.6 Å². The van der Waals surface area contributed by atoms with Crippen molar-refractivity contribution in [2.75, 3.05) is 0 Å². The highest BCUT2D eigenvalue weighted by atomic mass is 35.5. The first kappa shape index (κ1) is 18.7. The molecular formula is C19H19ClF2N2O2. The monoisotopic (exact) mass is 380 g/mol. The third kappa shape index (κ3) is 3.31. The van der Waals surface area contributed by atoms with Crippen molar-refractivity contribution in [1.82, 2.24) is 10.3 Å². The summed E-state index contributed by atoms with van der Waals surface area (Å²) in [6.45, 7) is 3.27. The van der Waals surface area contributed by atoms with Crippen LogP contribution in [0.4, 0.5) is 8.78 Å². The number of alkyl halides is 1. The van der Waals surface area contributed by atoms with E-state index in [0.29, 0.717) is 11.1 Å². The Morgan fingerprint density at radius 1 is 1.38 bits per heavy atom. The van der Waals surface area contributed by atoms with Crippen LogP contribution in [0.2, 0.25) is 5.02 Å². The Balaban J connectivity index is 1.88. The number of carbonyl (C=O) groups is 1. The molecule has 0 radical (unpaired) electrons. The fourth-order valence-corrected chi connectivity index (χ4v) is 3.42. The summed E-state index contributed by atoms with van der Waals surface area (Å²) in [7, 11) is 0. The molecule has 0 aliphatic heterocycles. The van der Waals surface area contributed by atoms with E-state index in [0.717, 1.165) is 6.07 Å². The van der Waals surface area contributed by atoms with Gasteiger partial charge in [-0.3, -0.25) is 9.78 Å². The van der Waals surface area contributed by atoms with Crippen molar-refractivity contribution in [1.29, 1.82) is 0 Å². The topological polar surface area (TPSA) is 62.2 Å². The van der Waals surface area contributed by atoms with Crippen molar-refractivity contribution >= 4 is 17.5 Å². The minimum Gasteiger partial charge on any atom is -0.384 e. The van der Waals surface area contributed by atoms with Crippen LogP contribution in [0.1, 0.15) is 42.1 Å². The average Bonchev–Trinajstić information content (AvgIpc) is 2.57. The fraction of sp³-hybridized carbons (Fsp3) is 0.368. The van der Waals surface area contributed by atoms with E-state index in [2.05, 4.69) is 10.3 Å². The van der Waals surface area contributed by atoms with E-state index in [-0.39, 0.29) is 35.7 Å². The molecule has 0 bridgehead atoms. The number of pyridine rings is 1. The SMILES string of the molecule is Cc1cnc2c(c1)[C@](F)(C(=O)NCc1ccc(F)cc1Cl)CC[C@]2(C)O. The van der Waals surface area contributed by atoms with Crippen LogP contribution in [-0.4, -0.2) is 16.0 Å². The predicted octanol–water partition coefficient (Wildman–Crippen LogP) is 3.67. The Morgan fingerprint density at radius 2 is 2.12 bits per heavy atom. The van der Waals surface area contributed by atoms with Gasteiger partial charge in [0, 0.05) is 23.3 Å². The maximum Gasteiger partial charge on any atom is 0.262 e. The molecule has 1 aromatic carbocycles. The maximum atomic E-state index is 15.7. The molecule has 2 N–H and O–H groups in total. The number of aromatic nitrogens is 1. The van der Waals surface area contributed by atoms with Crippen LogP contribution in [0.5, 0.6) is 0 Å². The number of hydrogen-bond donors (Lipinski definition) is 2. The van der Waals surface area contributed by atoms with Gasteiger partial charge >= 0.3 is 0 Å². The smallest absolute Gasteiger partial charge is 0.262 e. The summed E-state index contributed by atoms with van der Waals surface area (Å²) >= 11 is 5.94. The number of hydrogen-bond acceptors (Lipinski definition) is 3. The number of fused-ring (bicyclic) bond motifs is 1. The molecule has 3 rings (SSSR count). The number of aliphatic hydroxyl groups is 1. The second-order valence-electron chi connectivity index (χ2n) is 6.90. The summed E-state index contributed by atoms with van der Waals surface area (Å²) in [5, 5.41) is 13.2. The Bertz CT molecular complexity index is 873. The van der Waals surface area contributed by atoms with Crippen LogP contribution in [0.25, 0.3) is 0 Å². The van der Waals surface area contributed by atoms with E-state index in [1.165, 1.54) is 18.3 Å². The molecule has 1 aliphatic rings. The molecule has 4 nitrogen and oxygen atoms in total. The van der Waals surface area contributed by atoms with Crippen LogP contribution < -0.4 is 5.32 Å². The largest absolute Gasteiger partial charge is 0.384 e. The number of halogens is 3. The molecule has 0 saturated heterocycles. The maximum absolute atomic E-state index is 15.7. The molecule has 138 valence electrons. The van der Waals surface area contributed by atoms with Crippen molar-refractivity contribution < 1.29 is 18.7 Å². The molecular weight excluding hydrogens is 362 g/mol. The molecule has 1 heterocycles. The minimum absolute atomic E-state index is 0.0331. The quantitative estimate of drug-likeness (QED) is 0.854. The van der Waals surface area contributed by atoms with Gasteiger partial charge in [-0.1, -0.05) is 17.7 Å². The summed E-state index contributed by atoms with van der Waals surface area (Å²) in [5.41, 5.74) is -2.17. The van der Waals surface area contributed by atoms with Gasteiger partial charge in [0.05, 0.1) is 5.69 Å². The lowest BCUT2D eigenvalue weighted by atomic mass is 9.75. The minimum atomic E-state index is -2.30. The average molecular weight is 381 g/mol. The predicted molar refractivity (Wildman–Crippen MR) is 93.8 cm³/mol. The first-order valence-corrected chi connectivity index (χ1v) is 8.62. The van der Waals surface area contributed by atoms with E-state index in [9.17, 15) is 14.3 Å². The second-order valence-corrected chi connectivity index (χ2v) is 7.31. The van der Waals surface area contributed by atoms with Gasteiger partial charge in [0.15, 0.2) is 0 Å². The number of nitrogens with zero attached hydrogens (tertiary/aromatic N) is 1. The molecule has 26 heavy (non-hydrogen) atoms. The number of nitrogens with one attached hydrogen (secondary N) is 1. The van der Waals surface area contributed by atoms with Gasteiger partial charge < -0.3 is 10.4 Å². The van der Waals surface area contributed by atoms with Crippen LogP contribution in [0.3, 0.4) is 0 Å². The van der Waals surface area contributed by atoms with Gasteiger partial charge in [0.2, 0.25) is 5.67 Å². The van der Waals surface area contributed by atoms with E-state index >= 15 is 4.39 Å². The molecule has 0 unspecified atom stereocenters. The van der Waals surface area contributed by atoms with Crippen molar-refractivity contribution in [3.05, 3.63) is 63.7 Å². The molecule has 2 aromatic rings. The summed E-state index contributed by atoms with van der Waals surface area (Å²) in [6.07, 6.45) is 1.44. The van der Waals surface area contributed by atoms with Gasteiger partial charge in [-0.25, -0.2) is 8.78 Å². The van der Waals surface area contributed by atoms with Crippen molar-refractivity contribution in [2.24, 2.45) is 0 Å². The van der Waals surface area contributed by atoms with Gasteiger partial charge in [0.1, 0.15) is 11.4 Å². The van der Waals surface area contributed by atoms with E-state index < -0.39 is 23.0 Å². The lowest BCUT2D eigenvalue weighted by molar-refractivity contribution is -0.136. The lowest BCUT2D eigenvalue weighted by Crippen LogP contribution is -2.47. The normalized spacial score (nSPS) is 24.8. The highest BCUT2D eigenvalue weighted by Crippen LogP contribution is 2.45. The summed E-state index contributed by atoms with van der Waals surface area (Å²) < 4.78 is 28.8. The molecule has 1 aliphatic carbocycles. The summed E-state index contributed by atoms with van der Waals surface area (Å²) in [6, 6.07) is 5.34. The van der Waals surface area contributed by atoms with Crippen molar-refractivity contribution in [3.8, 4) is 0 Å². The fourth-order valence-electron chi connectivity index (χ4n) is 3.19. The van der Waals surface area contributed by atoms with Crippen LogP contribution in [-0.2, 0) is 22.6 Å². The third-order valence-electron chi connectivity index (χ3n) is 4.73. The molecule has 0 fully saturated rings. The lowest BCUT2D eigenvalue weighted by Gasteiger charge is -2.37. The van der Waals surface area contributed by atoms with Gasteiger partial charge in [-0.05, 0) is 56.0 Å². The zero-order valence-corrected chi connectivity index (χ0v) is 15.2. The van der Waals surface area contributed by atoms with Gasteiger partial charge in [-0.2, -0.15) is 0 Å². The highest BCUT2D eigenvalue weighted by Gasteiger charge is 2.50. The Hall–Kier alpha value is -2.05. The van der Waals surface area contributed by atoms with E-state index in [1.54, 1.807) is 19.9 Å². The van der Waals surface area contributed by atoms with Crippen LogP contribution in [0, 0.1) is 12.7 Å². The first-order valence-electron chi connectivity index (χ1n) is 8.24. The third-order valence-corrected chi connectivity index (χ3v) is 5.08. The number of aryl methyl sites for hydroxylation is 1. The van der Waals surface area contributed by atoms with E-state index in [1.807, 2.05) is 0 Å². The summed E-state index contributed by atoms with van der Waals surface area (Å²) in [4.78, 5) is 16.8. The molecule has 0 spiro atoms. The number of amides is 1. The Kier molecular flexibility index (Phi) is 4.75. The molecule has 1 amide bonds. The van der Waals surface area contributed by atoms with Crippen LogP contribution in [0.15, 0.2) is 30.5 Å². The standard InChI is InChI=1S/C19H19ClF2N2O2/c1-11-7-14-16(23-9-11)18(2,26)5-6-19(14,22)17(25)24-10-12-3-4-13(21)8-15(12)20/h3-4,7-9,26H,5-6,10H2,1-2H3,(H,24,25)/t18-,19-/m0/s1. The molecule has 2 atom stereocenters. The summed E-state index contributed by atoms with van der Waals surface area (Å²) in [5.74, 6) is -1.32. The first-order chi connectivity index (χ1) is 12.1.